The largest absolute Gasteiger partial charge is 0.488 e. The van der Waals surface area contributed by atoms with Gasteiger partial charge in [-0.05, 0) is 54.3 Å². The number of carbonyl (C=O) groups is 1. The number of amides is 1. The molecule has 5 rings (SSSR count). The number of rotatable bonds is 6. The zero-order valence-electron chi connectivity index (χ0n) is 17.0. The lowest BCUT2D eigenvalue weighted by Gasteiger charge is -2.21. The molecule has 3 heterocycles. The molecule has 1 unspecified atom stereocenters. The van der Waals surface area contributed by atoms with Crippen LogP contribution in [0.3, 0.4) is 0 Å². The van der Waals surface area contributed by atoms with Crippen molar-refractivity contribution >= 4 is 34.1 Å². The summed E-state index contributed by atoms with van der Waals surface area (Å²) in [5, 5.41) is 6.33. The number of carbonyl (C=O) groups excluding carboxylic acids is 1. The van der Waals surface area contributed by atoms with Crippen LogP contribution in [0, 0.1) is 5.92 Å². The fourth-order valence-electron chi connectivity index (χ4n) is 3.67. The molecule has 0 radical (unpaired) electrons. The van der Waals surface area contributed by atoms with Gasteiger partial charge in [-0.15, -0.1) is 11.3 Å². The van der Waals surface area contributed by atoms with Crippen LogP contribution in [-0.4, -0.2) is 16.6 Å². The molecule has 2 aromatic heterocycles. The highest BCUT2D eigenvalue weighted by Gasteiger charge is 2.24. The first-order valence-electron chi connectivity index (χ1n) is 10.2. The highest BCUT2D eigenvalue weighted by Crippen LogP contribution is 2.28. The Kier molecular flexibility index (Phi) is 5.26. The minimum atomic E-state index is -0.0403. The molecule has 7 heteroatoms. The van der Waals surface area contributed by atoms with Gasteiger partial charge < -0.3 is 9.15 Å². The van der Waals surface area contributed by atoms with E-state index in [0.717, 1.165) is 34.5 Å². The van der Waals surface area contributed by atoms with E-state index in [2.05, 4.69) is 28.5 Å². The maximum absolute atomic E-state index is 11.7. The van der Waals surface area contributed by atoms with E-state index in [1.165, 1.54) is 4.88 Å². The number of hydrogen-bond acceptors (Lipinski definition) is 6. The Hall–Kier alpha value is -3.45. The smallest absolute Gasteiger partial charge is 0.240 e. The van der Waals surface area contributed by atoms with Crippen molar-refractivity contribution in [3.8, 4) is 17.2 Å². The van der Waals surface area contributed by atoms with Crippen molar-refractivity contribution < 1.29 is 13.9 Å². The van der Waals surface area contributed by atoms with Gasteiger partial charge in [0, 0.05) is 28.3 Å². The van der Waals surface area contributed by atoms with E-state index in [1.807, 2.05) is 53.9 Å². The Morgan fingerprint density at radius 2 is 2.00 bits per heavy atom. The Morgan fingerprint density at radius 3 is 2.77 bits per heavy atom. The van der Waals surface area contributed by atoms with Crippen LogP contribution in [-0.2, 0) is 11.4 Å². The van der Waals surface area contributed by atoms with E-state index in [9.17, 15) is 4.79 Å². The van der Waals surface area contributed by atoms with Crippen LogP contribution >= 0.6 is 11.3 Å². The average Bonchev–Trinajstić information content (AvgIpc) is 3.47. The number of nitrogens with one attached hydrogen (secondary N) is 1. The van der Waals surface area contributed by atoms with Gasteiger partial charge in [0.05, 0.1) is 5.71 Å². The second-order valence-corrected chi connectivity index (χ2v) is 8.47. The molecule has 1 amide bonds. The summed E-state index contributed by atoms with van der Waals surface area (Å²) in [6.07, 6.45) is 1.31. The molecular formula is C24H21N3O3S. The summed E-state index contributed by atoms with van der Waals surface area (Å²) >= 11 is 1.68. The highest BCUT2D eigenvalue weighted by atomic mass is 32.1. The monoisotopic (exact) mass is 431 g/mol. The number of hydrazone groups is 1. The Labute approximate surface area is 183 Å². The first-order chi connectivity index (χ1) is 15.2. The molecule has 156 valence electrons. The summed E-state index contributed by atoms with van der Waals surface area (Å²) in [7, 11) is 0. The van der Waals surface area contributed by atoms with E-state index >= 15 is 0 Å². The number of aromatic nitrogens is 1. The first-order valence-corrected chi connectivity index (χ1v) is 11.1. The van der Waals surface area contributed by atoms with Gasteiger partial charge in [-0.25, -0.2) is 10.4 Å². The molecule has 0 saturated heterocycles. The lowest BCUT2D eigenvalue weighted by atomic mass is 9.90. The number of oxazole rings is 1. The number of hydrogen-bond donors (Lipinski definition) is 1. The molecule has 1 aliphatic rings. The van der Waals surface area contributed by atoms with Gasteiger partial charge in [-0.3, -0.25) is 4.79 Å². The number of fused-ring (bicyclic) bond motifs is 1. The third-order valence-corrected chi connectivity index (χ3v) is 6.21. The van der Waals surface area contributed by atoms with Crippen LogP contribution in [0.1, 0.15) is 30.2 Å². The molecule has 4 aromatic rings. The summed E-state index contributed by atoms with van der Waals surface area (Å²) in [5.41, 5.74) is 6.78. The number of benzene rings is 2. The minimum absolute atomic E-state index is 0.0403. The molecule has 1 N–H and O–H groups in total. The van der Waals surface area contributed by atoms with E-state index < -0.39 is 0 Å². The molecule has 1 aliphatic heterocycles. The molecule has 0 bridgehead atoms. The summed E-state index contributed by atoms with van der Waals surface area (Å²) in [5.74, 6) is 1.43. The van der Waals surface area contributed by atoms with Gasteiger partial charge in [0.15, 0.2) is 5.58 Å². The highest BCUT2D eigenvalue weighted by molar-refractivity contribution is 7.09. The van der Waals surface area contributed by atoms with E-state index in [-0.39, 0.29) is 11.8 Å². The zero-order chi connectivity index (χ0) is 21.2. The minimum Gasteiger partial charge on any atom is -0.488 e. The molecule has 0 spiro atoms. The van der Waals surface area contributed by atoms with Crippen molar-refractivity contribution in [2.75, 3.05) is 0 Å². The summed E-state index contributed by atoms with van der Waals surface area (Å²) in [4.78, 5) is 17.5. The van der Waals surface area contributed by atoms with Gasteiger partial charge >= 0.3 is 0 Å². The van der Waals surface area contributed by atoms with Gasteiger partial charge in [0.25, 0.3) is 0 Å². The van der Waals surface area contributed by atoms with Crippen LogP contribution in [0.2, 0.25) is 0 Å². The standard InChI is InChI=1S/C24H21N3O3S/c1-2-15-13-22(28)26-27-23(15)17-7-10-20-21(12-17)30-24(25-20)16-5-8-18(9-6-16)29-14-19-4-3-11-31-19/h3-12,15H,2,13-14H2,1H3,(H,26,28). The summed E-state index contributed by atoms with van der Waals surface area (Å²) in [6.45, 7) is 2.63. The average molecular weight is 432 g/mol. The number of thiophene rings is 1. The molecule has 0 saturated carbocycles. The Balaban J connectivity index is 1.37. The predicted molar refractivity (Wildman–Crippen MR) is 121 cm³/mol. The van der Waals surface area contributed by atoms with Crippen molar-refractivity contribution in [1.29, 1.82) is 0 Å². The molecular weight excluding hydrogens is 410 g/mol. The zero-order valence-corrected chi connectivity index (χ0v) is 17.8. The predicted octanol–water partition coefficient (Wildman–Crippen LogP) is 5.39. The SMILES string of the molecule is CCC1CC(=O)NN=C1c1ccc2nc(-c3ccc(OCc4cccs4)cc3)oc2c1. The summed E-state index contributed by atoms with van der Waals surface area (Å²) in [6, 6.07) is 17.7. The van der Waals surface area contributed by atoms with Gasteiger partial charge in [0.2, 0.25) is 11.8 Å². The molecule has 2 aromatic carbocycles. The van der Waals surface area contributed by atoms with Crippen molar-refractivity contribution in [2.45, 2.75) is 26.4 Å². The van der Waals surface area contributed by atoms with Gasteiger partial charge in [0.1, 0.15) is 17.9 Å². The summed E-state index contributed by atoms with van der Waals surface area (Å²) < 4.78 is 11.9. The third-order valence-electron chi connectivity index (χ3n) is 5.36. The van der Waals surface area contributed by atoms with Crippen LogP contribution in [0.25, 0.3) is 22.6 Å². The number of nitrogens with zero attached hydrogens (tertiary/aromatic N) is 2. The molecule has 0 fully saturated rings. The molecule has 1 atom stereocenters. The lowest BCUT2D eigenvalue weighted by Crippen LogP contribution is -2.33. The maximum Gasteiger partial charge on any atom is 0.240 e. The van der Waals surface area contributed by atoms with E-state index in [4.69, 9.17) is 9.15 Å². The third kappa shape index (κ3) is 4.09. The van der Waals surface area contributed by atoms with Crippen LogP contribution in [0.4, 0.5) is 0 Å². The second-order valence-electron chi connectivity index (χ2n) is 7.44. The van der Waals surface area contributed by atoms with Crippen LogP contribution in [0.15, 0.2) is 69.5 Å². The molecule has 6 nitrogen and oxygen atoms in total. The quantitative estimate of drug-likeness (QED) is 0.444. The van der Waals surface area contributed by atoms with E-state index in [1.54, 1.807) is 11.3 Å². The van der Waals surface area contributed by atoms with Crippen molar-refractivity contribution in [2.24, 2.45) is 11.0 Å². The van der Waals surface area contributed by atoms with Crippen LogP contribution < -0.4 is 10.2 Å². The molecule has 0 aliphatic carbocycles. The first kappa shape index (κ1) is 19.5. The topological polar surface area (TPSA) is 76.7 Å². The van der Waals surface area contributed by atoms with Crippen molar-refractivity contribution in [3.05, 3.63) is 70.4 Å². The van der Waals surface area contributed by atoms with Crippen molar-refractivity contribution in [1.82, 2.24) is 10.4 Å². The fourth-order valence-corrected chi connectivity index (χ4v) is 4.28. The lowest BCUT2D eigenvalue weighted by molar-refractivity contribution is -0.122. The fraction of sp³-hybridized carbons (Fsp3) is 0.208. The Morgan fingerprint density at radius 1 is 1.16 bits per heavy atom. The number of ether oxygens (including phenoxy) is 1. The van der Waals surface area contributed by atoms with Crippen molar-refractivity contribution in [3.63, 3.8) is 0 Å². The van der Waals surface area contributed by atoms with E-state index in [0.29, 0.717) is 24.5 Å². The normalized spacial score (nSPS) is 16.2. The van der Waals surface area contributed by atoms with Gasteiger partial charge in [-0.2, -0.15) is 5.10 Å². The van der Waals surface area contributed by atoms with Gasteiger partial charge in [-0.1, -0.05) is 19.1 Å². The van der Waals surface area contributed by atoms with Crippen LogP contribution in [0.5, 0.6) is 5.75 Å². The maximum atomic E-state index is 11.7. The second kappa shape index (κ2) is 8.35. The molecule has 31 heavy (non-hydrogen) atoms. The Bertz CT molecular complexity index is 1240.